The summed E-state index contributed by atoms with van der Waals surface area (Å²) in [6.07, 6.45) is 0.608. The third-order valence-electron chi connectivity index (χ3n) is 11.2. The number of halogens is 1. The highest BCUT2D eigenvalue weighted by atomic mass is 28.4. The first kappa shape index (κ1) is 31.9. The molecule has 4 aromatic carbocycles. The van der Waals surface area contributed by atoms with Crippen LogP contribution < -0.4 is 9.80 Å². The van der Waals surface area contributed by atoms with E-state index in [-0.39, 0.29) is 43.3 Å². The third kappa shape index (κ3) is 4.79. The number of ether oxygens (including phenoxy) is 1. The number of anilines is 3. The van der Waals surface area contributed by atoms with Gasteiger partial charge >= 0.3 is 0 Å². The Labute approximate surface area is 286 Å². The molecule has 0 saturated carbocycles. The van der Waals surface area contributed by atoms with Crippen molar-refractivity contribution in [3.63, 3.8) is 0 Å². The molecule has 5 atom stereocenters. The van der Waals surface area contributed by atoms with E-state index in [0.29, 0.717) is 29.0 Å². The number of aliphatic hydroxyl groups excluding tert-OH is 1. The first-order valence-electron chi connectivity index (χ1n) is 17.2. The zero-order valence-corrected chi connectivity index (χ0v) is 28.9. The smallest absolute Gasteiger partial charge is 0.264 e. The summed E-state index contributed by atoms with van der Waals surface area (Å²) in [5, 5.41) is 11.8. The average Bonchev–Trinajstić information content (AvgIpc) is 3.82. The minimum atomic E-state index is -3.53. The topological polar surface area (TPSA) is 90.4 Å². The van der Waals surface area contributed by atoms with Crippen LogP contribution >= 0.6 is 0 Å². The van der Waals surface area contributed by atoms with E-state index < -0.39 is 31.6 Å². The van der Waals surface area contributed by atoms with E-state index >= 15 is 4.11 Å². The molecule has 252 valence electrons. The fourth-order valence-corrected chi connectivity index (χ4v) is 11.6. The predicted octanol–water partition coefficient (Wildman–Crippen LogP) is 6.83. The van der Waals surface area contributed by atoms with Crippen LogP contribution in [0.5, 0.6) is 0 Å². The Balaban J connectivity index is 1.25. The maximum Gasteiger partial charge on any atom is 0.264 e. The molecule has 4 heterocycles. The molecular weight excluding hydrogens is 638 g/mol. The van der Waals surface area contributed by atoms with Crippen molar-refractivity contribution < 1.29 is 28.3 Å². The molecule has 4 aromatic rings. The number of aliphatic hydroxyl groups is 1. The molecule has 3 amide bonds. The zero-order chi connectivity index (χ0) is 34.2. The summed E-state index contributed by atoms with van der Waals surface area (Å²) >= 11 is 0. The van der Waals surface area contributed by atoms with Crippen LogP contribution in [0.25, 0.3) is 10.8 Å². The summed E-state index contributed by atoms with van der Waals surface area (Å²) in [4.78, 5) is 47.8. The van der Waals surface area contributed by atoms with Gasteiger partial charge in [-0.05, 0) is 67.2 Å². The monoisotopic (exact) mass is 677 g/mol. The van der Waals surface area contributed by atoms with Crippen molar-refractivity contribution in [3.05, 3.63) is 102 Å². The number of carbonyl (C=O) groups is 3. The second-order valence-corrected chi connectivity index (χ2v) is 18.2. The first-order valence-corrected chi connectivity index (χ1v) is 20.1. The molecule has 4 aliphatic rings. The van der Waals surface area contributed by atoms with Crippen LogP contribution in [0.15, 0.2) is 84.9 Å². The van der Waals surface area contributed by atoms with Crippen molar-refractivity contribution in [2.75, 3.05) is 23.0 Å². The molecule has 2 saturated heterocycles. The standard InChI is InChI=1S/C39H40FN3O5Si/c1-24-36(49(2,3)40)33(21-34(45)41-19-9-14-28(41)23-44)48-39(24)30-20-27(17-18-31(30)42(38(39)47)22-25-10-5-4-6-11-25)43-32-16-8-13-26-12-7-15-29(35(26)32)37(43)46/h4-8,10-13,15-18,20,24,28,33,36,44H,9,14,19,21-23H2,1-3H3/t24-,28+,33+,36-,39+/m1/s1. The first-order chi connectivity index (χ1) is 23.5. The Kier molecular flexibility index (Phi) is 7.55. The Morgan fingerprint density at radius 2 is 1.76 bits per heavy atom. The number of fused-ring (bicyclic) bond motifs is 2. The van der Waals surface area contributed by atoms with E-state index in [4.69, 9.17) is 4.74 Å². The highest BCUT2D eigenvalue weighted by molar-refractivity contribution is 6.72. The van der Waals surface area contributed by atoms with Gasteiger partial charge in [-0.15, -0.1) is 0 Å². The summed E-state index contributed by atoms with van der Waals surface area (Å²) in [5.41, 5.74) is 1.91. The van der Waals surface area contributed by atoms with Crippen molar-refractivity contribution in [1.82, 2.24) is 4.90 Å². The molecule has 0 unspecified atom stereocenters. The molecule has 0 aromatic heterocycles. The van der Waals surface area contributed by atoms with Gasteiger partial charge in [0, 0.05) is 34.6 Å². The fourth-order valence-electron chi connectivity index (χ4n) is 9.11. The van der Waals surface area contributed by atoms with Crippen molar-refractivity contribution in [2.45, 2.75) is 69.1 Å². The maximum atomic E-state index is 16.5. The van der Waals surface area contributed by atoms with Gasteiger partial charge in [0.15, 0.2) is 5.60 Å². The van der Waals surface area contributed by atoms with Crippen LogP contribution in [-0.4, -0.2) is 61.4 Å². The van der Waals surface area contributed by atoms with Gasteiger partial charge in [0.1, 0.15) is 0 Å². The number of rotatable bonds is 7. The maximum absolute atomic E-state index is 16.5. The number of nitrogens with zero attached hydrogens (tertiary/aromatic N) is 3. The third-order valence-corrected chi connectivity index (χ3v) is 13.7. The number of hydrogen-bond acceptors (Lipinski definition) is 5. The quantitative estimate of drug-likeness (QED) is 0.171. The normalized spacial score (nSPS) is 26.1. The zero-order valence-electron chi connectivity index (χ0n) is 27.9. The molecule has 2 fully saturated rings. The molecule has 0 aliphatic carbocycles. The van der Waals surface area contributed by atoms with Crippen molar-refractivity contribution in [2.24, 2.45) is 5.92 Å². The van der Waals surface area contributed by atoms with Crippen LogP contribution in [0.3, 0.4) is 0 Å². The van der Waals surface area contributed by atoms with Gasteiger partial charge in [-0.1, -0.05) is 61.5 Å². The van der Waals surface area contributed by atoms with Gasteiger partial charge in [-0.2, -0.15) is 0 Å². The lowest BCUT2D eigenvalue weighted by Gasteiger charge is -2.31. The number of carbonyl (C=O) groups excluding carboxylic acids is 3. The van der Waals surface area contributed by atoms with Crippen LogP contribution in [0, 0.1) is 5.92 Å². The van der Waals surface area contributed by atoms with Gasteiger partial charge in [0.25, 0.3) is 11.8 Å². The fraction of sp³-hybridized carbons (Fsp3) is 0.359. The summed E-state index contributed by atoms with van der Waals surface area (Å²) in [7, 11) is -3.53. The highest BCUT2D eigenvalue weighted by Gasteiger charge is 2.67. The van der Waals surface area contributed by atoms with E-state index in [9.17, 15) is 19.5 Å². The number of likely N-dealkylation sites (tertiary alicyclic amines) is 1. The number of hydrogen-bond donors (Lipinski definition) is 1. The predicted molar refractivity (Wildman–Crippen MR) is 189 cm³/mol. The van der Waals surface area contributed by atoms with E-state index in [2.05, 4.69) is 0 Å². The minimum Gasteiger partial charge on any atom is -0.394 e. The second kappa shape index (κ2) is 11.6. The lowest BCUT2D eigenvalue weighted by Crippen LogP contribution is -2.45. The molecular formula is C39H40FN3O5Si. The largest absolute Gasteiger partial charge is 0.394 e. The van der Waals surface area contributed by atoms with Gasteiger partial charge in [0.2, 0.25) is 14.3 Å². The summed E-state index contributed by atoms with van der Waals surface area (Å²) < 4.78 is 23.4. The minimum absolute atomic E-state index is 0.0729. The molecule has 10 heteroatoms. The molecule has 4 aliphatic heterocycles. The summed E-state index contributed by atoms with van der Waals surface area (Å²) in [5.74, 6) is -1.24. The van der Waals surface area contributed by atoms with Gasteiger partial charge in [-0.25, -0.2) is 0 Å². The molecule has 0 bridgehead atoms. The molecule has 8 rings (SSSR count). The van der Waals surface area contributed by atoms with E-state index in [1.165, 1.54) is 0 Å². The Morgan fingerprint density at radius 1 is 1.00 bits per heavy atom. The summed E-state index contributed by atoms with van der Waals surface area (Å²) in [6.45, 7) is 5.83. The Bertz CT molecular complexity index is 1990. The lowest BCUT2D eigenvalue weighted by molar-refractivity contribution is -0.150. The van der Waals surface area contributed by atoms with E-state index in [0.717, 1.165) is 34.9 Å². The van der Waals surface area contributed by atoms with Crippen molar-refractivity contribution in [1.29, 1.82) is 0 Å². The Hall–Kier alpha value is -4.38. The van der Waals surface area contributed by atoms with Gasteiger partial charge in [-0.3, -0.25) is 19.3 Å². The molecule has 0 radical (unpaired) electrons. The van der Waals surface area contributed by atoms with E-state index in [1.807, 2.05) is 91.9 Å². The van der Waals surface area contributed by atoms with E-state index in [1.54, 1.807) is 27.8 Å². The van der Waals surface area contributed by atoms with Crippen LogP contribution in [-0.2, 0) is 26.5 Å². The van der Waals surface area contributed by atoms with Crippen LogP contribution in [0.2, 0.25) is 18.6 Å². The number of benzene rings is 4. The SMILES string of the molecule is C[C@@H]1[C@@H]([Si](C)(C)F)[C@H](CC(=O)N2CCC[C@H]2CO)O[C@@]12C(=O)N(Cc1ccccc1)c1ccc(N3C(=O)c4cccc5cccc3c45)cc12. The highest BCUT2D eigenvalue weighted by Crippen LogP contribution is 2.61. The number of amides is 3. The molecule has 49 heavy (non-hydrogen) atoms. The second-order valence-electron chi connectivity index (χ2n) is 14.4. The average molecular weight is 678 g/mol. The molecule has 8 nitrogen and oxygen atoms in total. The van der Waals surface area contributed by atoms with Gasteiger partial charge < -0.3 is 23.8 Å². The van der Waals surface area contributed by atoms with Gasteiger partial charge in [0.05, 0.1) is 48.7 Å². The summed E-state index contributed by atoms with van der Waals surface area (Å²) in [6, 6.07) is 26.6. The van der Waals surface area contributed by atoms with Crippen molar-refractivity contribution >= 4 is 54.0 Å². The van der Waals surface area contributed by atoms with Crippen LogP contribution in [0.1, 0.15) is 47.7 Å². The lowest BCUT2D eigenvalue weighted by atomic mass is 9.82. The molecule has 1 N–H and O–H groups in total. The Morgan fingerprint density at radius 3 is 2.49 bits per heavy atom. The van der Waals surface area contributed by atoms with Crippen molar-refractivity contribution in [3.8, 4) is 0 Å². The van der Waals surface area contributed by atoms with Crippen LogP contribution in [0.4, 0.5) is 21.2 Å². The molecule has 1 spiro atoms.